The molecule has 0 radical (unpaired) electrons. The molecule has 0 aromatic carbocycles. The zero-order valence-electron chi connectivity index (χ0n) is 23.3. The number of imidazole rings is 1. The van der Waals surface area contributed by atoms with Gasteiger partial charge in [-0.1, -0.05) is 33.8 Å². The summed E-state index contributed by atoms with van der Waals surface area (Å²) in [5, 5.41) is 0. The molecule has 3 heterocycles. The van der Waals surface area contributed by atoms with E-state index in [4.69, 9.17) is 19.3 Å². The van der Waals surface area contributed by atoms with Crippen LogP contribution in [0, 0.1) is 6.92 Å². The Balaban J connectivity index is 0.00000116. The molecule has 2 N–H and O–H groups in total. The van der Waals surface area contributed by atoms with Crippen molar-refractivity contribution in [2.24, 2.45) is 12.8 Å². The molecule has 0 atom stereocenters. The number of halogens is 4. The normalized spacial score (nSPS) is 15.7. The van der Waals surface area contributed by atoms with Gasteiger partial charge >= 0.3 is 6.18 Å². The number of hydrogen-bond acceptors (Lipinski definition) is 6. The van der Waals surface area contributed by atoms with Crippen molar-refractivity contribution in [2.45, 2.75) is 65.5 Å². The third-order valence-corrected chi connectivity index (χ3v) is 6.68. The summed E-state index contributed by atoms with van der Waals surface area (Å²) < 4.78 is 64.2. The molecule has 0 unspecified atom stereocenters. The summed E-state index contributed by atoms with van der Waals surface area (Å²) in [5.41, 5.74) is 6.33. The second kappa shape index (κ2) is 15.5. The number of pyridine rings is 1. The monoisotopic (exact) mass is 574 g/mol. The molecule has 39 heavy (non-hydrogen) atoms. The molecule has 1 aliphatic rings. The number of aryl methyl sites for hydroxylation is 2. The summed E-state index contributed by atoms with van der Waals surface area (Å²) in [6.07, 6.45) is 2.19. The topological polar surface area (TPSA) is 92.3 Å². The minimum Gasteiger partial charge on any atom is -0.480 e. The van der Waals surface area contributed by atoms with Crippen LogP contribution in [-0.2, 0) is 22.0 Å². The van der Waals surface area contributed by atoms with Gasteiger partial charge in [-0.2, -0.15) is 24.9 Å². The lowest BCUT2D eigenvalue weighted by molar-refractivity contribution is -0.164. The van der Waals surface area contributed by atoms with Gasteiger partial charge in [0.1, 0.15) is 22.9 Å². The smallest absolute Gasteiger partial charge is 0.422 e. The number of thioether (sulfide) groups is 1. The van der Waals surface area contributed by atoms with E-state index in [0.29, 0.717) is 11.1 Å². The van der Waals surface area contributed by atoms with Crippen molar-refractivity contribution in [1.82, 2.24) is 14.5 Å². The van der Waals surface area contributed by atoms with Crippen molar-refractivity contribution in [2.75, 3.05) is 18.1 Å². The lowest BCUT2D eigenvalue weighted by Gasteiger charge is -2.32. The number of ether oxygens (including phenoxy) is 2. The maximum Gasteiger partial charge on any atom is 0.422 e. The maximum absolute atomic E-state index is 13.7. The molecule has 2 aromatic heterocycles. The van der Waals surface area contributed by atoms with Crippen LogP contribution in [0.25, 0.3) is 11.0 Å². The fraction of sp³-hybridized carbons (Fsp3) is 0.519. The molecular formula is C27H38F4N4O3S. The first-order valence-electron chi connectivity index (χ1n) is 12.4. The number of nitrogens with two attached hydrogens (primary N) is 1. The van der Waals surface area contributed by atoms with E-state index in [1.165, 1.54) is 13.3 Å². The Labute approximate surface area is 231 Å². The third kappa shape index (κ3) is 9.90. The van der Waals surface area contributed by atoms with Crippen molar-refractivity contribution >= 4 is 29.2 Å². The summed E-state index contributed by atoms with van der Waals surface area (Å²) in [7, 11) is 1.94. The van der Waals surface area contributed by atoms with Gasteiger partial charge in [-0.25, -0.2) is 14.4 Å². The summed E-state index contributed by atoms with van der Waals surface area (Å²) in [5.74, 6) is 1.98. The van der Waals surface area contributed by atoms with Crippen molar-refractivity contribution in [1.29, 1.82) is 0 Å². The Kier molecular flexibility index (Phi) is 13.6. The van der Waals surface area contributed by atoms with E-state index >= 15 is 0 Å². The predicted molar refractivity (Wildman–Crippen MR) is 148 cm³/mol. The van der Waals surface area contributed by atoms with E-state index in [1.54, 1.807) is 13.1 Å². The van der Waals surface area contributed by atoms with Crippen LogP contribution in [0.2, 0.25) is 0 Å². The van der Waals surface area contributed by atoms with Crippen LogP contribution < -0.4 is 10.5 Å². The van der Waals surface area contributed by atoms with Crippen molar-refractivity contribution in [3.8, 4) is 5.88 Å². The van der Waals surface area contributed by atoms with Crippen LogP contribution >= 0.6 is 11.8 Å². The molecule has 0 spiro atoms. The average Bonchev–Trinajstić information content (AvgIpc) is 3.22. The van der Waals surface area contributed by atoms with Crippen molar-refractivity contribution < 1.29 is 31.8 Å². The number of alkyl halides is 3. The second-order valence-corrected chi connectivity index (χ2v) is 10.3. The first-order valence-corrected chi connectivity index (χ1v) is 13.6. The summed E-state index contributed by atoms with van der Waals surface area (Å²) in [4.78, 5) is 17.7. The van der Waals surface area contributed by atoms with E-state index in [2.05, 4.69) is 38.1 Å². The molecule has 218 valence electrons. The number of amides is 1. The van der Waals surface area contributed by atoms with Crippen LogP contribution in [-0.4, -0.2) is 45.2 Å². The molecule has 1 fully saturated rings. The molecule has 1 amide bonds. The second-order valence-electron chi connectivity index (χ2n) is 9.09. The fourth-order valence-electron chi connectivity index (χ4n) is 3.84. The van der Waals surface area contributed by atoms with Gasteiger partial charge in [-0.3, -0.25) is 4.79 Å². The highest BCUT2D eigenvalue weighted by Gasteiger charge is 2.34. The molecule has 0 saturated carbocycles. The first-order chi connectivity index (χ1) is 18.3. The Hall–Kier alpha value is -3.02. The summed E-state index contributed by atoms with van der Waals surface area (Å²) in [6, 6.07) is 0. The molecule has 2 aromatic rings. The summed E-state index contributed by atoms with van der Waals surface area (Å²) >= 11 is 1.94. The lowest BCUT2D eigenvalue weighted by atomic mass is 9.83. The van der Waals surface area contributed by atoms with E-state index in [9.17, 15) is 17.6 Å². The molecule has 7 nitrogen and oxygen atoms in total. The molecule has 1 saturated heterocycles. The fourth-order valence-corrected chi connectivity index (χ4v) is 5.24. The van der Waals surface area contributed by atoms with E-state index in [1.807, 2.05) is 23.4 Å². The number of primary amides is 1. The quantitative estimate of drug-likeness (QED) is 0.169. The molecule has 0 bridgehead atoms. The van der Waals surface area contributed by atoms with E-state index < -0.39 is 24.4 Å². The Morgan fingerprint density at radius 2 is 1.87 bits per heavy atom. The van der Waals surface area contributed by atoms with Gasteiger partial charge in [0.05, 0.1) is 11.7 Å². The highest BCUT2D eigenvalue weighted by molar-refractivity contribution is 7.99. The van der Waals surface area contributed by atoms with Gasteiger partial charge in [-0.05, 0) is 44.3 Å². The molecule has 0 aliphatic carbocycles. The zero-order valence-corrected chi connectivity index (χ0v) is 24.1. The van der Waals surface area contributed by atoms with Gasteiger partial charge in [0, 0.05) is 24.1 Å². The SMILES string of the molecule is C=C/C(F)=C\C(OCC(F)(F)F)=C(/C)Oc1ncc2nc(C3(C)CCSCC3)n(C)c2c1C.CCC.NC=O. The number of rotatable bonds is 7. The summed E-state index contributed by atoms with van der Waals surface area (Å²) in [6.45, 7) is 11.3. The highest BCUT2D eigenvalue weighted by atomic mass is 32.2. The van der Waals surface area contributed by atoms with E-state index in [0.717, 1.165) is 47.8 Å². The number of aromatic nitrogens is 3. The van der Waals surface area contributed by atoms with Crippen molar-refractivity contribution in [3.63, 3.8) is 0 Å². The maximum atomic E-state index is 13.7. The Morgan fingerprint density at radius 3 is 2.38 bits per heavy atom. The zero-order chi connectivity index (χ0) is 29.8. The largest absolute Gasteiger partial charge is 0.480 e. The van der Waals surface area contributed by atoms with Crippen LogP contribution in [0.3, 0.4) is 0 Å². The van der Waals surface area contributed by atoms with Gasteiger partial charge in [0.2, 0.25) is 12.3 Å². The van der Waals surface area contributed by atoms with Crippen LogP contribution in [0.15, 0.2) is 42.3 Å². The van der Waals surface area contributed by atoms with Gasteiger partial charge in [0.25, 0.3) is 0 Å². The number of allylic oxidation sites excluding steroid dienone is 4. The minimum atomic E-state index is -4.59. The van der Waals surface area contributed by atoms with Gasteiger partial charge < -0.3 is 19.8 Å². The van der Waals surface area contributed by atoms with Crippen LogP contribution in [0.1, 0.15) is 58.3 Å². The number of carbonyl (C=O) groups is 1. The Morgan fingerprint density at radius 1 is 1.31 bits per heavy atom. The molecule has 3 rings (SSSR count). The number of carbonyl (C=O) groups excluding carboxylic acids is 1. The number of fused-ring (bicyclic) bond motifs is 1. The molecular weight excluding hydrogens is 536 g/mol. The van der Waals surface area contributed by atoms with E-state index in [-0.39, 0.29) is 23.5 Å². The predicted octanol–water partition coefficient (Wildman–Crippen LogP) is 6.81. The lowest BCUT2D eigenvalue weighted by Crippen LogP contribution is -2.30. The third-order valence-electron chi connectivity index (χ3n) is 5.69. The minimum absolute atomic E-state index is 0.0477. The van der Waals surface area contributed by atoms with Gasteiger partial charge in [0.15, 0.2) is 12.4 Å². The average molecular weight is 575 g/mol. The van der Waals surface area contributed by atoms with Crippen LogP contribution in [0.4, 0.5) is 17.6 Å². The number of nitrogens with zero attached hydrogens (tertiary/aromatic N) is 3. The first kappa shape index (κ1) is 34.0. The van der Waals surface area contributed by atoms with Crippen LogP contribution in [0.5, 0.6) is 5.88 Å². The Bertz CT molecular complexity index is 1170. The molecule has 12 heteroatoms. The van der Waals surface area contributed by atoms with Gasteiger partial charge in [-0.15, -0.1) is 0 Å². The highest BCUT2D eigenvalue weighted by Crippen LogP contribution is 2.39. The van der Waals surface area contributed by atoms with Crippen molar-refractivity contribution in [3.05, 3.63) is 53.7 Å². The molecule has 1 aliphatic heterocycles. The number of hydrogen-bond donors (Lipinski definition) is 1. The standard InChI is InChI=1S/C23H27F4N3O2S.C3H8.CH3NO/c1-6-16(24)11-18(31-13-23(25,26)27)15(3)32-20-14(2)19-17(12-28-20)29-21(30(19)5)22(4)7-9-33-10-8-22;1-3-2;2-1-3/h6,11-12H,1,7-10,13H2,2-5H3;3H2,1-2H3;1H,(H2,2,3)/b16-11+,18-15-;;.